The highest BCUT2D eigenvalue weighted by molar-refractivity contribution is 5.65. The van der Waals surface area contributed by atoms with Gasteiger partial charge in [0.2, 0.25) is 0 Å². The van der Waals surface area contributed by atoms with Crippen LogP contribution in [0.4, 0.5) is 5.82 Å². The molecule has 100 valence electrons. The molecule has 0 amide bonds. The van der Waals surface area contributed by atoms with Crippen molar-refractivity contribution in [1.29, 1.82) is 0 Å². The molecule has 4 heteroatoms. The van der Waals surface area contributed by atoms with Crippen molar-refractivity contribution in [3.63, 3.8) is 0 Å². The lowest BCUT2D eigenvalue weighted by Crippen LogP contribution is -2.09. The fourth-order valence-electron chi connectivity index (χ4n) is 1.88. The predicted molar refractivity (Wildman–Crippen MR) is 78.3 cm³/mol. The van der Waals surface area contributed by atoms with Gasteiger partial charge in [-0.3, -0.25) is 4.98 Å². The van der Waals surface area contributed by atoms with Gasteiger partial charge in [-0.15, -0.1) is 0 Å². The number of pyridine rings is 1. The minimum Gasteiger partial charge on any atom is -0.370 e. The molecular formula is C15H20N4. The predicted octanol–water partition coefficient (Wildman–Crippen LogP) is 3.40. The summed E-state index contributed by atoms with van der Waals surface area (Å²) in [7, 11) is 0. The van der Waals surface area contributed by atoms with Gasteiger partial charge in [0.05, 0.1) is 11.4 Å². The summed E-state index contributed by atoms with van der Waals surface area (Å²) in [5.74, 6) is 2.05. The van der Waals surface area contributed by atoms with Gasteiger partial charge in [0.25, 0.3) is 0 Å². The number of hydrogen-bond acceptors (Lipinski definition) is 4. The van der Waals surface area contributed by atoms with Crippen LogP contribution in [-0.4, -0.2) is 21.5 Å². The van der Waals surface area contributed by atoms with E-state index in [-0.39, 0.29) is 0 Å². The average Bonchev–Trinajstić information content (AvgIpc) is 2.42. The molecule has 0 bridgehead atoms. The van der Waals surface area contributed by atoms with Gasteiger partial charge in [-0.2, -0.15) is 0 Å². The van der Waals surface area contributed by atoms with Crippen LogP contribution in [-0.2, 0) is 0 Å². The van der Waals surface area contributed by atoms with E-state index in [2.05, 4.69) is 41.0 Å². The molecule has 0 aliphatic rings. The van der Waals surface area contributed by atoms with Crippen LogP contribution >= 0.6 is 0 Å². The highest BCUT2D eigenvalue weighted by Crippen LogP contribution is 2.26. The maximum absolute atomic E-state index is 4.67. The molecule has 0 radical (unpaired) electrons. The maximum atomic E-state index is 4.67. The topological polar surface area (TPSA) is 50.7 Å². The van der Waals surface area contributed by atoms with E-state index in [1.807, 2.05) is 25.1 Å². The van der Waals surface area contributed by atoms with Gasteiger partial charge in [-0.25, -0.2) is 9.97 Å². The SMILES string of the molecule is CCNc1nc(C(C)C)nc(-c2ccccn2)c1C. The second-order valence-corrected chi connectivity index (χ2v) is 4.80. The summed E-state index contributed by atoms with van der Waals surface area (Å²) in [4.78, 5) is 13.7. The van der Waals surface area contributed by atoms with Crippen LogP contribution < -0.4 is 5.32 Å². The molecule has 4 nitrogen and oxygen atoms in total. The zero-order valence-corrected chi connectivity index (χ0v) is 11.9. The summed E-state index contributed by atoms with van der Waals surface area (Å²) < 4.78 is 0. The number of nitrogens with one attached hydrogen (secondary N) is 1. The first-order valence-electron chi connectivity index (χ1n) is 6.67. The largest absolute Gasteiger partial charge is 0.370 e. The molecule has 2 rings (SSSR count). The quantitative estimate of drug-likeness (QED) is 0.910. The normalized spacial score (nSPS) is 10.8. The van der Waals surface area contributed by atoms with E-state index in [4.69, 9.17) is 0 Å². The van der Waals surface area contributed by atoms with Gasteiger partial charge in [0.1, 0.15) is 11.6 Å². The summed E-state index contributed by atoms with van der Waals surface area (Å²) in [6.45, 7) is 9.14. The van der Waals surface area contributed by atoms with Crippen molar-refractivity contribution in [2.75, 3.05) is 11.9 Å². The molecular weight excluding hydrogens is 236 g/mol. The lowest BCUT2D eigenvalue weighted by molar-refractivity contribution is 0.773. The Kier molecular flexibility index (Phi) is 4.10. The summed E-state index contributed by atoms with van der Waals surface area (Å²) in [6.07, 6.45) is 1.79. The minimum atomic E-state index is 0.292. The van der Waals surface area contributed by atoms with E-state index in [0.29, 0.717) is 5.92 Å². The molecule has 2 heterocycles. The van der Waals surface area contributed by atoms with Crippen LogP contribution in [0.15, 0.2) is 24.4 Å². The van der Waals surface area contributed by atoms with Crippen LogP contribution in [0.25, 0.3) is 11.4 Å². The molecule has 0 unspecified atom stereocenters. The fourth-order valence-corrected chi connectivity index (χ4v) is 1.88. The molecule has 0 saturated carbocycles. The van der Waals surface area contributed by atoms with Crippen LogP contribution in [0.2, 0.25) is 0 Å². The van der Waals surface area contributed by atoms with E-state index >= 15 is 0 Å². The third-order valence-corrected chi connectivity index (χ3v) is 2.93. The Morgan fingerprint density at radius 3 is 2.58 bits per heavy atom. The molecule has 0 spiro atoms. The van der Waals surface area contributed by atoms with Gasteiger partial charge in [0.15, 0.2) is 0 Å². The first-order chi connectivity index (χ1) is 9.13. The third-order valence-electron chi connectivity index (χ3n) is 2.93. The molecule has 19 heavy (non-hydrogen) atoms. The summed E-state index contributed by atoms with van der Waals surface area (Å²) >= 11 is 0. The molecule has 0 aromatic carbocycles. The Morgan fingerprint density at radius 1 is 1.21 bits per heavy atom. The van der Waals surface area contributed by atoms with Gasteiger partial charge in [-0.1, -0.05) is 19.9 Å². The van der Waals surface area contributed by atoms with Crippen LogP contribution in [0.5, 0.6) is 0 Å². The Morgan fingerprint density at radius 2 is 2.00 bits per heavy atom. The molecule has 0 fully saturated rings. The van der Waals surface area contributed by atoms with Gasteiger partial charge in [-0.05, 0) is 26.0 Å². The Hall–Kier alpha value is -1.97. The zero-order valence-electron chi connectivity index (χ0n) is 11.9. The standard InChI is InChI=1S/C15H20N4/c1-5-16-15-11(4)13(12-8-6-7-9-17-12)18-14(19-15)10(2)3/h6-10H,5H2,1-4H3,(H,16,18,19). The van der Waals surface area contributed by atoms with E-state index in [9.17, 15) is 0 Å². The number of anilines is 1. The smallest absolute Gasteiger partial charge is 0.134 e. The van der Waals surface area contributed by atoms with Crippen molar-refractivity contribution >= 4 is 5.82 Å². The highest BCUT2D eigenvalue weighted by atomic mass is 15.0. The number of aromatic nitrogens is 3. The van der Waals surface area contributed by atoms with Crippen molar-refractivity contribution in [1.82, 2.24) is 15.0 Å². The Bertz CT molecular complexity index is 550. The van der Waals surface area contributed by atoms with E-state index < -0.39 is 0 Å². The summed E-state index contributed by atoms with van der Waals surface area (Å²) in [5.41, 5.74) is 2.85. The lowest BCUT2D eigenvalue weighted by atomic mass is 10.1. The average molecular weight is 256 g/mol. The monoisotopic (exact) mass is 256 g/mol. The fraction of sp³-hybridized carbons (Fsp3) is 0.400. The van der Waals surface area contributed by atoms with Gasteiger partial charge in [0, 0.05) is 24.2 Å². The molecule has 0 aliphatic carbocycles. The van der Waals surface area contributed by atoms with Crippen molar-refractivity contribution < 1.29 is 0 Å². The summed E-state index contributed by atoms with van der Waals surface area (Å²) in [6, 6.07) is 5.87. The molecule has 0 atom stereocenters. The number of hydrogen-bond donors (Lipinski definition) is 1. The Labute approximate surface area is 114 Å². The molecule has 1 N–H and O–H groups in total. The zero-order chi connectivity index (χ0) is 13.8. The van der Waals surface area contributed by atoms with E-state index in [1.54, 1.807) is 6.20 Å². The van der Waals surface area contributed by atoms with E-state index in [0.717, 1.165) is 35.1 Å². The first-order valence-corrected chi connectivity index (χ1v) is 6.67. The Balaban J connectivity index is 2.59. The van der Waals surface area contributed by atoms with Gasteiger partial charge < -0.3 is 5.32 Å². The molecule has 0 saturated heterocycles. The highest BCUT2D eigenvalue weighted by Gasteiger charge is 2.14. The van der Waals surface area contributed by atoms with Crippen molar-refractivity contribution in [2.45, 2.75) is 33.6 Å². The van der Waals surface area contributed by atoms with Gasteiger partial charge >= 0.3 is 0 Å². The number of rotatable bonds is 4. The van der Waals surface area contributed by atoms with Crippen molar-refractivity contribution in [3.05, 3.63) is 35.8 Å². The molecule has 2 aromatic rings. The van der Waals surface area contributed by atoms with E-state index in [1.165, 1.54) is 0 Å². The second-order valence-electron chi connectivity index (χ2n) is 4.80. The maximum Gasteiger partial charge on any atom is 0.134 e. The lowest BCUT2D eigenvalue weighted by Gasteiger charge is -2.14. The van der Waals surface area contributed by atoms with Crippen LogP contribution in [0.1, 0.15) is 38.1 Å². The molecule has 0 aliphatic heterocycles. The summed E-state index contributed by atoms with van der Waals surface area (Å²) in [5, 5.41) is 3.30. The molecule has 2 aromatic heterocycles. The number of nitrogens with zero attached hydrogens (tertiary/aromatic N) is 3. The minimum absolute atomic E-state index is 0.292. The van der Waals surface area contributed by atoms with Crippen molar-refractivity contribution in [2.24, 2.45) is 0 Å². The third kappa shape index (κ3) is 2.89. The van der Waals surface area contributed by atoms with Crippen molar-refractivity contribution in [3.8, 4) is 11.4 Å². The van der Waals surface area contributed by atoms with Crippen LogP contribution in [0, 0.1) is 6.92 Å². The van der Waals surface area contributed by atoms with Crippen LogP contribution in [0.3, 0.4) is 0 Å². The first kappa shape index (κ1) is 13.5. The second kappa shape index (κ2) is 5.78.